The Morgan fingerprint density at radius 1 is 0.800 bits per heavy atom. The van der Waals surface area contributed by atoms with Gasteiger partial charge in [0.2, 0.25) is 0 Å². The van der Waals surface area contributed by atoms with Crippen LogP contribution in [0.2, 0.25) is 0 Å². The van der Waals surface area contributed by atoms with Crippen LogP contribution >= 0.6 is 11.3 Å². The number of benzene rings is 2. The van der Waals surface area contributed by atoms with Crippen molar-refractivity contribution in [3.05, 3.63) is 59.2 Å². The van der Waals surface area contributed by atoms with Crippen molar-refractivity contribution in [1.82, 2.24) is 9.97 Å². The summed E-state index contributed by atoms with van der Waals surface area (Å²) in [6.45, 7) is 0. The van der Waals surface area contributed by atoms with Crippen LogP contribution in [0.3, 0.4) is 0 Å². The minimum absolute atomic E-state index is 0.836. The number of ether oxygens (including phenoxy) is 2. The number of fused-ring (bicyclic) bond motifs is 2. The largest absolute Gasteiger partial charge is 0.497 e. The maximum Gasteiger partial charge on any atom is 0.120 e. The molecule has 25 heavy (non-hydrogen) atoms. The van der Waals surface area contributed by atoms with E-state index in [1.807, 2.05) is 60.7 Å². The summed E-state index contributed by atoms with van der Waals surface area (Å²) >= 11 is 1.63. The summed E-state index contributed by atoms with van der Waals surface area (Å²) in [5, 5.41) is 2.00. The van der Waals surface area contributed by atoms with Gasteiger partial charge in [0, 0.05) is 5.39 Å². The fourth-order valence-electron chi connectivity index (χ4n) is 2.62. The summed E-state index contributed by atoms with van der Waals surface area (Å²) in [7, 11) is 3.34. The van der Waals surface area contributed by atoms with E-state index in [0.29, 0.717) is 0 Å². The Morgan fingerprint density at radius 2 is 1.56 bits per heavy atom. The average molecular weight is 348 g/mol. The van der Waals surface area contributed by atoms with Gasteiger partial charge in [-0.25, -0.2) is 9.97 Å². The zero-order valence-corrected chi connectivity index (χ0v) is 14.7. The first kappa shape index (κ1) is 15.6. The highest BCUT2D eigenvalue weighted by Gasteiger charge is 2.03. The maximum absolute atomic E-state index is 5.26. The first-order valence-corrected chi connectivity index (χ1v) is 8.64. The molecule has 5 heteroatoms. The first-order chi connectivity index (χ1) is 12.2. The zero-order valence-electron chi connectivity index (χ0n) is 13.9. The van der Waals surface area contributed by atoms with Gasteiger partial charge in [0.15, 0.2) is 0 Å². The molecule has 0 fully saturated rings. The Bertz CT molecular complexity index is 1090. The van der Waals surface area contributed by atoms with Crippen LogP contribution in [-0.4, -0.2) is 24.2 Å². The van der Waals surface area contributed by atoms with Gasteiger partial charge in [0.25, 0.3) is 0 Å². The summed E-state index contributed by atoms with van der Waals surface area (Å²) in [5.74, 6) is 1.68. The van der Waals surface area contributed by atoms with Crippen LogP contribution in [-0.2, 0) is 0 Å². The lowest BCUT2D eigenvalue weighted by molar-refractivity contribution is 0.415. The third kappa shape index (κ3) is 3.19. The van der Waals surface area contributed by atoms with E-state index in [1.165, 1.54) is 0 Å². The number of nitrogens with zero attached hydrogens (tertiary/aromatic N) is 2. The number of aromatic nitrogens is 2. The van der Waals surface area contributed by atoms with E-state index in [-0.39, 0.29) is 0 Å². The van der Waals surface area contributed by atoms with Gasteiger partial charge in [0.05, 0.1) is 35.6 Å². The second-order valence-corrected chi connectivity index (χ2v) is 6.58. The third-order valence-corrected chi connectivity index (χ3v) is 4.91. The Morgan fingerprint density at radius 3 is 2.36 bits per heavy atom. The van der Waals surface area contributed by atoms with E-state index in [9.17, 15) is 0 Å². The fraction of sp³-hybridized carbons (Fsp3) is 0.100. The van der Waals surface area contributed by atoms with Crippen molar-refractivity contribution >= 4 is 44.6 Å². The minimum Gasteiger partial charge on any atom is -0.497 e. The van der Waals surface area contributed by atoms with E-state index in [2.05, 4.69) is 9.97 Å². The molecule has 2 aromatic heterocycles. The fourth-order valence-corrected chi connectivity index (χ4v) is 3.52. The topological polar surface area (TPSA) is 44.2 Å². The van der Waals surface area contributed by atoms with Crippen molar-refractivity contribution in [2.24, 2.45) is 0 Å². The number of rotatable bonds is 4. The molecule has 0 bridgehead atoms. The molecule has 0 unspecified atom stereocenters. The number of hydrogen-bond donors (Lipinski definition) is 0. The summed E-state index contributed by atoms with van der Waals surface area (Å²) in [5.41, 5.74) is 2.82. The van der Waals surface area contributed by atoms with Crippen LogP contribution in [0.25, 0.3) is 33.3 Å². The van der Waals surface area contributed by atoms with E-state index >= 15 is 0 Å². The van der Waals surface area contributed by atoms with Gasteiger partial charge in [-0.3, -0.25) is 0 Å². The lowest BCUT2D eigenvalue weighted by Gasteiger charge is -2.02. The summed E-state index contributed by atoms with van der Waals surface area (Å²) in [6.07, 6.45) is 3.98. The van der Waals surface area contributed by atoms with Gasteiger partial charge >= 0.3 is 0 Å². The smallest absolute Gasteiger partial charge is 0.120 e. The highest BCUT2D eigenvalue weighted by atomic mass is 32.1. The Balaban J connectivity index is 1.63. The molecule has 0 aliphatic heterocycles. The summed E-state index contributed by atoms with van der Waals surface area (Å²) in [6, 6.07) is 15.8. The standard InChI is InChI=1S/C20H16N2O2S/c1-23-15-6-8-17-13(11-15)3-4-14(21-17)5-10-20-22-18-9-7-16(24-2)12-19(18)25-20/h3-12H,1-2H3/b10-5+. The number of thiazole rings is 1. The Kier molecular flexibility index (Phi) is 4.07. The SMILES string of the molecule is COc1ccc2nc(/C=C/c3nc4ccc(OC)cc4s3)ccc2c1. The molecule has 124 valence electrons. The molecule has 0 N–H and O–H groups in total. The summed E-state index contributed by atoms with van der Waals surface area (Å²) in [4.78, 5) is 9.28. The van der Waals surface area contributed by atoms with Crippen LogP contribution < -0.4 is 9.47 Å². The number of hydrogen-bond acceptors (Lipinski definition) is 5. The highest BCUT2D eigenvalue weighted by molar-refractivity contribution is 7.19. The second kappa shape index (κ2) is 6.53. The van der Waals surface area contributed by atoms with Crippen LogP contribution in [0.4, 0.5) is 0 Å². The molecule has 0 amide bonds. The molecule has 0 radical (unpaired) electrons. The van der Waals surface area contributed by atoms with Crippen molar-refractivity contribution in [1.29, 1.82) is 0 Å². The maximum atomic E-state index is 5.26. The molecule has 2 aromatic carbocycles. The van der Waals surface area contributed by atoms with Gasteiger partial charge in [-0.15, -0.1) is 11.3 Å². The molecule has 0 spiro atoms. The van der Waals surface area contributed by atoms with Crippen molar-refractivity contribution in [3.63, 3.8) is 0 Å². The monoisotopic (exact) mass is 348 g/mol. The second-order valence-electron chi connectivity index (χ2n) is 5.51. The predicted molar refractivity (Wildman–Crippen MR) is 103 cm³/mol. The molecule has 4 nitrogen and oxygen atoms in total. The van der Waals surface area contributed by atoms with Gasteiger partial charge in [-0.2, -0.15) is 0 Å². The molecule has 0 aliphatic rings. The lowest BCUT2D eigenvalue weighted by Crippen LogP contribution is -1.86. The van der Waals surface area contributed by atoms with E-state index in [0.717, 1.165) is 43.3 Å². The molecule has 4 aromatic rings. The molecule has 2 heterocycles. The molecular formula is C20H16N2O2S. The van der Waals surface area contributed by atoms with Gasteiger partial charge in [-0.05, 0) is 54.6 Å². The molecule has 0 saturated heterocycles. The van der Waals surface area contributed by atoms with E-state index in [4.69, 9.17) is 9.47 Å². The normalized spacial score (nSPS) is 11.4. The lowest BCUT2D eigenvalue weighted by atomic mass is 10.2. The molecule has 0 saturated carbocycles. The van der Waals surface area contributed by atoms with Gasteiger partial charge in [-0.1, -0.05) is 6.07 Å². The van der Waals surface area contributed by atoms with Crippen molar-refractivity contribution in [2.45, 2.75) is 0 Å². The van der Waals surface area contributed by atoms with Crippen LogP contribution in [0.1, 0.15) is 10.7 Å². The van der Waals surface area contributed by atoms with Gasteiger partial charge < -0.3 is 9.47 Å². The van der Waals surface area contributed by atoms with Crippen molar-refractivity contribution in [3.8, 4) is 11.5 Å². The minimum atomic E-state index is 0.836. The van der Waals surface area contributed by atoms with Crippen LogP contribution in [0.15, 0.2) is 48.5 Å². The quantitative estimate of drug-likeness (QED) is 0.519. The average Bonchev–Trinajstić information content (AvgIpc) is 3.07. The molecular weight excluding hydrogens is 332 g/mol. The third-order valence-electron chi connectivity index (χ3n) is 3.93. The van der Waals surface area contributed by atoms with Crippen molar-refractivity contribution < 1.29 is 9.47 Å². The van der Waals surface area contributed by atoms with Crippen LogP contribution in [0, 0.1) is 0 Å². The highest BCUT2D eigenvalue weighted by Crippen LogP contribution is 2.27. The number of methoxy groups -OCH3 is 2. The molecule has 0 aliphatic carbocycles. The molecule has 0 atom stereocenters. The van der Waals surface area contributed by atoms with Crippen LogP contribution in [0.5, 0.6) is 11.5 Å². The molecule has 4 rings (SSSR count). The number of pyridine rings is 1. The van der Waals surface area contributed by atoms with E-state index < -0.39 is 0 Å². The van der Waals surface area contributed by atoms with Crippen molar-refractivity contribution in [2.75, 3.05) is 14.2 Å². The summed E-state index contributed by atoms with van der Waals surface area (Å²) < 4.78 is 11.6. The Labute approximate surface area is 149 Å². The first-order valence-electron chi connectivity index (χ1n) is 7.82. The van der Waals surface area contributed by atoms with Gasteiger partial charge in [0.1, 0.15) is 16.5 Å². The zero-order chi connectivity index (χ0) is 17.2. The Hall–Kier alpha value is -2.92. The predicted octanol–water partition coefficient (Wildman–Crippen LogP) is 5.03. The van der Waals surface area contributed by atoms with E-state index in [1.54, 1.807) is 25.6 Å².